The van der Waals surface area contributed by atoms with E-state index in [9.17, 15) is 5.11 Å². The number of hydrogen-bond acceptors (Lipinski definition) is 3. The van der Waals surface area contributed by atoms with Gasteiger partial charge in [0.25, 0.3) is 0 Å². The van der Waals surface area contributed by atoms with Gasteiger partial charge in [0.05, 0.1) is 18.8 Å². The van der Waals surface area contributed by atoms with Gasteiger partial charge in [-0.3, -0.25) is 0 Å². The molecule has 3 nitrogen and oxygen atoms in total. The maximum atomic E-state index is 10.8. The van der Waals surface area contributed by atoms with Crippen LogP contribution in [0.25, 0.3) is 0 Å². The molecule has 118 valence electrons. The molecule has 1 aromatic carbocycles. The standard InChI is InChI=1S/C18H28O3/c1-14-8-9-16(20-2)15(12-14)13-17(19)18(21-3)10-6-4-5-7-11-18/h8-9,12,17,19H,4-7,10-11,13H2,1-3H3. The van der Waals surface area contributed by atoms with Gasteiger partial charge in [-0.1, -0.05) is 43.4 Å². The topological polar surface area (TPSA) is 38.7 Å². The summed E-state index contributed by atoms with van der Waals surface area (Å²) in [5.41, 5.74) is 1.85. The molecule has 0 amide bonds. The van der Waals surface area contributed by atoms with E-state index in [2.05, 4.69) is 13.0 Å². The largest absolute Gasteiger partial charge is 0.496 e. The minimum atomic E-state index is -0.490. The van der Waals surface area contributed by atoms with Crippen LogP contribution in [0, 0.1) is 6.92 Å². The number of rotatable bonds is 5. The van der Waals surface area contributed by atoms with E-state index >= 15 is 0 Å². The summed E-state index contributed by atoms with van der Waals surface area (Å²) in [7, 11) is 3.42. The third-order valence-corrected chi connectivity index (χ3v) is 4.81. The third kappa shape index (κ3) is 3.78. The lowest BCUT2D eigenvalue weighted by molar-refractivity contribution is -0.111. The Morgan fingerprint density at radius 2 is 1.81 bits per heavy atom. The zero-order chi connectivity index (χ0) is 15.3. The quantitative estimate of drug-likeness (QED) is 0.842. The number of aryl methyl sites for hydroxylation is 1. The fraction of sp³-hybridized carbons (Fsp3) is 0.667. The second-order valence-electron chi connectivity index (χ2n) is 6.22. The second kappa shape index (κ2) is 7.28. The Morgan fingerprint density at radius 3 is 2.38 bits per heavy atom. The fourth-order valence-corrected chi connectivity index (χ4v) is 3.46. The number of hydrogen-bond donors (Lipinski definition) is 1. The van der Waals surface area contributed by atoms with Crippen LogP contribution in [0.4, 0.5) is 0 Å². The van der Waals surface area contributed by atoms with E-state index in [0.29, 0.717) is 6.42 Å². The van der Waals surface area contributed by atoms with E-state index in [4.69, 9.17) is 9.47 Å². The van der Waals surface area contributed by atoms with Crippen molar-refractivity contribution in [3.63, 3.8) is 0 Å². The Kier molecular flexibility index (Phi) is 5.65. The van der Waals surface area contributed by atoms with Gasteiger partial charge in [-0.25, -0.2) is 0 Å². The normalized spacial score (nSPS) is 19.8. The van der Waals surface area contributed by atoms with Crippen LogP contribution in [-0.2, 0) is 11.2 Å². The number of benzene rings is 1. The van der Waals surface area contributed by atoms with Crippen LogP contribution in [0.2, 0.25) is 0 Å². The molecule has 2 rings (SSSR count). The average Bonchev–Trinajstić information content (AvgIpc) is 2.74. The number of aliphatic hydroxyl groups is 1. The van der Waals surface area contributed by atoms with Gasteiger partial charge >= 0.3 is 0 Å². The highest BCUT2D eigenvalue weighted by molar-refractivity contribution is 5.37. The highest BCUT2D eigenvalue weighted by Crippen LogP contribution is 2.35. The molecule has 0 radical (unpaired) electrons. The van der Waals surface area contributed by atoms with Crippen LogP contribution in [-0.4, -0.2) is 31.0 Å². The third-order valence-electron chi connectivity index (χ3n) is 4.81. The molecule has 1 aromatic rings. The molecule has 21 heavy (non-hydrogen) atoms. The van der Waals surface area contributed by atoms with Crippen LogP contribution < -0.4 is 4.74 Å². The predicted molar refractivity (Wildman–Crippen MR) is 84.9 cm³/mol. The van der Waals surface area contributed by atoms with Crippen molar-refractivity contribution in [1.82, 2.24) is 0 Å². The molecule has 1 N–H and O–H groups in total. The predicted octanol–water partition coefficient (Wildman–Crippen LogP) is 3.65. The molecule has 0 spiro atoms. The summed E-state index contributed by atoms with van der Waals surface area (Å²) in [4.78, 5) is 0. The lowest BCUT2D eigenvalue weighted by Gasteiger charge is -2.36. The van der Waals surface area contributed by atoms with E-state index in [1.54, 1.807) is 14.2 Å². The Hall–Kier alpha value is -1.06. The van der Waals surface area contributed by atoms with Crippen LogP contribution in [0.5, 0.6) is 5.75 Å². The van der Waals surface area contributed by atoms with Crippen LogP contribution >= 0.6 is 0 Å². The molecule has 3 heteroatoms. The van der Waals surface area contributed by atoms with Gasteiger partial charge in [0.1, 0.15) is 5.75 Å². The van der Waals surface area contributed by atoms with Gasteiger partial charge in [0.15, 0.2) is 0 Å². The number of methoxy groups -OCH3 is 2. The minimum absolute atomic E-state index is 0.398. The van der Waals surface area contributed by atoms with Crippen LogP contribution in [0.15, 0.2) is 18.2 Å². The summed E-state index contributed by atoms with van der Waals surface area (Å²) in [6.45, 7) is 2.06. The highest BCUT2D eigenvalue weighted by Gasteiger charge is 2.38. The van der Waals surface area contributed by atoms with Crippen molar-refractivity contribution in [1.29, 1.82) is 0 Å². The first-order valence-corrected chi connectivity index (χ1v) is 7.98. The molecule has 1 unspecified atom stereocenters. The van der Waals surface area contributed by atoms with E-state index in [0.717, 1.165) is 37.0 Å². The fourth-order valence-electron chi connectivity index (χ4n) is 3.46. The summed E-state index contributed by atoms with van der Waals surface area (Å²) in [6.07, 6.45) is 6.73. The lowest BCUT2D eigenvalue weighted by atomic mass is 9.84. The highest BCUT2D eigenvalue weighted by atomic mass is 16.5. The molecule has 1 fully saturated rings. The number of aliphatic hydroxyl groups excluding tert-OH is 1. The maximum absolute atomic E-state index is 10.8. The first-order valence-electron chi connectivity index (χ1n) is 7.98. The SMILES string of the molecule is COc1ccc(C)cc1CC(O)C1(OC)CCCCCC1. The average molecular weight is 292 g/mol. The van der Waals surface area contributed by atoms with Crippen molar-refractivity contribution >= 4 is 0 Å². The van der Waals surface area contributed by atoms with Crippen molar-refractivity contribution in [3.05, 3.63) is 29.3 Å². The first kappa shape index (κ1) is 16.3. The van der Waals surface area contributed by atoms with Crippen LogP contribution in [0.3, 0.4) is 0 Å². The van der Waals surface area contributed by atoms with Gasteiger partial charge < -0.3 is 14.6 Å². The molecule has 0 saturated heterocycles. The van der Waals surface area contributed by atoms with Crippen molar-refractivity contribution in [3.8, 4) is 5.75 Å². The summed E-state index contributed by atoms with van der Waals surface area (Å²) in [5.74, 6) is 0.847. The summed E-state index contributed by atoms with van der Waals surface area (Å²) < 4.78 is 11.2. The Bertz CT molecular complexity index is 448. The Balaban J connectivity index is 2.18. The zero-order valence-corrected chi connectivity index (χ0v) is 13.5. The molecule has 0 aromatic heterocycles. The van der Waals surface area contributed by atoms with Crippen molar-refractivity contribution in [2.24, 2.45) is 0 Å². The van der Waals surface area contributed by atoms with Gasteiger partial charge in [-0.15, -0.1) is 0 Å². The van der Waals surface area contributed by atoms with E-state index in [-0.39, 0.29) is 0 Å². The van der Waals surface area contributed by atoms with Gasteiger partial charge in [0, 0.05) is 13.5 Å². The van der Waals surface area contributed by atoms with E-state index in [1.165, 1.54) is 18.4 Å². The summed E-state index contributed by atoms with van der Waals surface area (Å²) in [5, 5.41) is 10.8. The monoisotopic (exact) mass is 292 g/mol. The molecule has 1 aliphatic rings. The summed E-state index contributed by atoms with van der Waals surface area (Å²) in [6, 6.07) is 6.11. The first-order chi connectivity index (χ1) is 10.1. The Labute approximate surface area is 128 Å². The smallest absolute Gasteiger partial charge is 0.122 e. The minimum Gasteiger partial charge on any atom is -0.496 e. The maximum Gasteiger partial charge on any atom is 0.122 e. The van der Waals surface area contributed by atoms with E-state index in [1.807, 2.05) is 12.1 Å². The van der Waals surface area contributed by atoms with Gasteiger partial charge in [0.2, 0.25) is 0 Å². The molecule has 0 heterocycles. The van der Waals surface area contributed by atoms with E-state index < -0.39 is 11.7 Å². The van der Waals surface area contributed by atoms with Gasteiger partial charge in [-0.2, -0.15) is 0 Å². The molecule has 1 aliphatic carbocycles. The molecule has 1 atom stereocenters. The molecule has 0 aliphatic heterocycles. The molecule has 0 bridgehead atoms. The van der Waals surface area contributed by atoms with Crippen LogP contribution in [0.1, 0.15) is 49.7 Å². The van der Waals surface area contributed by atoms with Crippen molar-refractivity contribution < 1.29 is 14.6 Å². The zero-order valence-electron chi connectivity index (χ0n) is 13.5. The van der Waals surface area contributed by atoms with Crippen molar-refractivity contribution in [2.45, 2.75) is 63.6 Å². The molecular weight excluding hydrogens is 264 g/mol. The molecule has 1 saturated carbocycles. The molecular formula is C18H28O3. The summed E-state index contributed by atoms with van der Waals surface area (Å²) >= 11 is 0. The van der Waals surface area contributed by atoms with Gasteiger partial charge in [-0.05, 0) is 31.4 Å². The van der Waals surface area contributed by atoms with Crippen molar-refractivity contribution in [2.75, 3.05) is 14.2 Å². The second-order valence-corrected chi connectivity index (χ2v) is 6.22. The lowest BCUT2D eigenvalue weighted by Crippen LogP contribution is -2.45. The Morgan fingerprint density at radius 1 is 1.14 bits per heavy atom. The number of ether oxygens (including phenoxy) is 2.